The summed E-state index contributed by atoms with van der Waals surface area (Å²) in [5, 5.41) is 6.51. The van der Waals surface area contributed by atoms with Gasteiger partial charge in [0.2, 0.25) is 0 Å². The van der Waals surface area contributed by atoms with E-state index in [1.807, 2.05) is 42.5 Å². The van der Waals surface area contributed by atoms with Crippen molar-refractivity contribution in [3.8, 4) is 0 Å². The van der Waals surface area contributed by atoms with Crippen molar-refractivity contribution in [3.63, 3.8) is 0 Å². The van der Waals surface area contributed by atoms with E-state index in [0.29, 0.717) is 11.1 Å². The molecule has 2 rings (SSSR count). The molecule has 5 heteroatoms. The molecule has 2 amide bonds. The van der Waals surface area contributed by atoms with Gasteiger partial charge in [-0.15, -0.1) is 0 Å². The molecule has 0 aliphatic carbocycles. The van der Waals surface area contributed by atoms with E-state index in [0.717, 1.165) is 5.56 Å². The van der Waals surface area contributed by atoms with Gasteiger partial charge in [0.1, 0.15) is 5.70 Å². The van der Waals surface area contributed by atoms with E-state index in [1.165, 1.54) is 6.21 Å². The van der Waals surface area contributed by atoms with E-state index in [1.54, 1.807) is 44.2 Å². The Morgan fingerprint density at radius 2 is 1.54 bits per heavy atom. The molecular formula is C21H21N3O2. The van der Waals surface area contributed by atoms with Gasteiger partial charge in [0.15, 0.2) is 0 Å². The topological polar surface area (TPSA) is 70.6 Å². The van der Waals surface area contributed by atoms with Crippen molar-refractivity contribution >= 4 is 24.1 Å². The van der Waals surface area contributed by atoms with Crippen LogP contribution in [0.1, 0.15) is 29.8 Å². The highest BCUT2D eigenvalue weighted by Crippen LogP contribution is 2.04. The molecule has 0 atom stereocenters. The maximum atomic E-state index is 12.3. The first-order valence-electron chi connectivity index (χ1n) is 8.17. The Hall–Kier alpha value is -3.47. The van der Waals surface area contributed by atoms with Crippen LogP contribution in [0.2, 0.25) is 0 Å². The molecule has 0 radical (unpaired) electrons. The number of amides is 2. The highest BCUT2D eigenvalue weighted by Gasteiger charge is 2.15. The van der Waals surface area contributed by atoms with Gasteiger partial charge in [0.25, 0.3) is 11.8 Å². The minimum absolute atomic E-state index is 0.183. The smallest absolute Gasteiger partial charge is 0.287 e. The fourth-order valence-corrected chi connectivity index (χ4v) is 2.10. The third-order valence-electron chi connectivity index (χ3n) is 3.42. The Kier molecular flexibility index (Phi) is 7.06. The van der Waals surface area contributed by atoms with Gasteiger partial charge in [-0.25, -0.2) is 5.43 Å². The summed E-state index contributed by atoms with van der Waals surface area (Å²) in [7, 11) is 0. The van der Waals surface area contributed by atoms with Crippen LogP contribution in [0.5, 0.6) is 0 Å². The van der Waals surface area contributed by atoms with Gasteiger partial charge in [-0.2, -0.15) is 5.10 Å². The Morgan fingerprint density at radius 3 is 2.15 bits per heavy atom. The molecule has 5 nitrogen and oxygen atoms in total. The second-order valence-electron chi connectivity index (χ2n) is 5.68. The molecule has 0 spiro atoms. The third-order valence-corrected chi connectivity index (χ3v) is 3.42. The highest BCUT2D eigenvalue weighted by molar-refractivity contribution is 6.03. The molecular weight excluding hydrogens is 326 g/mol. The Bertz CT molecular complexity index is 834. The van der Waals surface area contributed by atoms with E-state index < -0.39 is 5.91 Å². The van der Waals surface area contributed by atoms with Crippen LogP contribution in [0.25, 0.3) is 6.08 Å². The summed E-state index contributed by atoms with van der Waals surface area (Å²) in [6.45, 7) is 3.50. The molecule has 0 aliphatic rings. The fraction of sp³-hybridized carbons (Fsp3) is 0.0952. The maximum absolute atomic E-state index is 12.3. The molecule has 0 aromatic heterocycles. The first-order valence-corrected chi connectivity index (χ1v) is 8.17. The van der Waals surface area contributed by atoms with Crippen LogP contribution in [0.4, 0.5) is 0 Å². The molecule has 2 N–H and O–H groups in total. The van der Waals surface area contributed by atoms with Crippen LogP contribution < -0.4 is 10.7 Å². The van der Waals surface area contributed by atoms with Gasteiger partial charge >= 0.3 is 0 Å². The minimum atomic E-state index is -0.473. The first kappa shape index (κ1) is 18.9. The zero-order valence-electron chi connectivity index (χ0n) is 14.8. The summed E-state index contributed by atoms with van der Waals surface area (Å²) < 4.78 is 0. The Morgan fingerprint density at radius 1 is 0.923 bits per heavy atom. The highest BCUT2D eigenvalue weighted by atomic mass is 16.2. The van der Waals surface area contributed by atoms with Crippen molar-refractivity contribution in [3.05, 3.63) is 89.1 Å². The lowest BCUT2D eigenvalue weighted by Gasteiger charge is -2.10. The number of hydrogen-bond donors (Lipinski definition) is 2. The van der Waals surface area contributed by atoms with Crippen molar-refractivity contribution in [1.82, 2.24) is 10.7 Å². The zero-order chi connectivity index (χ0) is 18.8. The number of carbonyl (C=O) groups excluding carboxylic acids is 2. The number of benzene rings is 2. The average molecular weight is 347 g/mol. The molecule has 132 valence electrons. The molecule has 2 aromatic carbocycles. The van der Waals surface area contributed by atoms with Gasteiger partial charge in [0, 0.05) is 11.8 Å². The van der Waals surface area contributed by atoms with Gasteiger partial charge < -0.3 is 5.32 Å². The van der Waals surface area contributed by atoms with Crippen LogP contribution in [-0.2, 0) is 4.79 Å². The Balaban J connectivity index is 1.94. The predicted octanol–water partition coefficient (Wildman–Crippen LogP) is 3.53. The monoisotopic (exact) mass is 347 g/mol. The molecule has 26 heavy (non-hydrogen) atoms. The number of nitrogens with zero attached hydrogens (tertiary/aromatic N) is 1. The lowest BCUT2D eigenvalue weighted by molar-refractivity contribution is -0.117. The van der Waals surface area contributed by atoms with Crippen molar-refractivity contribution in [2.45, 2.75) is 13.8 Å². The molecule has 0 aliphatic heterocycles. The maximum Gasteiger partial charge on any atom is 0.287 e. The number of hydrogen-bond acceptors (Lipinski definition) is 3. The lowest BCUT2D eigenvalue weighted by Crippen LogP contribution is -2.33. The SMILES string of the molecule is CC(C)=C(NC(=O)c1ccccc1)C(=O)N/N=C/C=C/c1ccccc1. The third kappa shape index (κ3) is 5.87. The molecule has 0 saturated carbocycles. The Labute approximate surface area is 153 Å². The van der Waals surface area contributed by atoms with Gasteiger partial charge in [0.05, 0.1) is 0 Å². The van der Waals surface area contributed by atoms with Gasteiger partial charge in [-0.1, -0.05) is 54.6 Å². The normalized spacial score (nSPS) is 10.7. The minimum Gasteiger partial charge on any atom is -0.317 e. The van der Waals surface area contributed by atoms with Crippen molar-refractivity contribution < 1.29 is 9.59 Å². The van der Waals surface area contributed by atoms with Crippen LogP contribution in [0.3, 0.4) is 0 Å². The summed E-state index contributed by atoms with van der Waals surface area (Å²) in [4.78, 5) is 24.5. The van der Waals surface area contributed by atoms with E-state index in [4.69, 9.17) is 0 Å². The molecule has 0 bridgehead atoms. The standard InChI is InChI=1S/C21H21N3O2/c1-16(2)19(23-20(25)18-13-7-4-8-14-18)21(26)24-22-15-9-12-17-10-5-3-6-11-17/h3-15H,1-2H3,(H,23,25)(H,24,26)/b12-9+,22-15+. The average Bonchev–Trinajstić information content (AvgIpc) is 2.66. The number of nitrogens with one attached hydrogen (secondary N) is 2. The number of rotatable bonds is 6. The van der Waals surface area contributed by atoms with E-state index >= 15 is 0 Å². The number of allylic oxidation sites excluding steroid dienone is 2. The van der Waals surface area contributed by atoms with Crippen molar-refractivity contribution in [2.24, 2.45) is 5.10 Å². The predicted molar refractivity (Wildman–Crippen MR) is 104 cm³/mol. The molecule has 2 aromatic rings. The van der Waals surface area contributed by atoms with Crippen LogP contribution in [-0.4, -0.2) is 18.0 Å². The van der Waals surface area contributed by atoms with E-state index in [9.17, 15) is 9.59 Å². The summed E-state index contributed by atoms with van der Waals surface area (Å²) in [6, 6.07) is 18.5. The van der Waals surface area contributed by atoms with Crippen molar-refractivity contribution in [2.75, 3.05) is 0 Å². The molecule has 0 fully saturated rings. The van der Waals surface area contributed by atoms with E-state index in [2.05, 4.69) is 15.8 Å². The van der Waals surface area contributed by atoms with Crippen LogP contribution in [0, 0.1) is 0 Å². The number of hydrazone groups is 1. The van der Waals surface area contributed by atoms with Gasteiger partial charge in [-0.3, -0.25) is 9.59 Å². The molecule has 0 heterocycles. The lowest BCUT2D eigenvalue weighted by atomic mass is 10.2. The fourth-order valence-electron chi connectivity index (χ4n) is 2.10. The largest absolute Gasteiger partial charge is 0.317 e. The van der Waals surface area contributed by atoms with Crippen LogP contribution in [0.15, 0.2) is 83.1 Å². The first-order chi connectivity index (χ1) is 12.6. The second kappa shape index (κ2) is 9.74. The summed E-state index contributed by atoms with van der Waals surface area (Å²) in [5.41, 5.74) is 4.79. The molecule has 0 saturated heterocycles. The summed E-state index contributed by atoms with van der Waals surface area (Å²) in [6.07, 6.45) is 5.07. The summed E-state index contributed by atoms with van der Waals surface area (Å²) >= 11 is 0. The second-order valence-corrected chi connectivity index (χ2v) is 5.68. The van der Waals surface area contributed by atoms with Gasteiger partial charge in [-0.05, 0) is 43.2 Å². The van der Waals surface area contributed by atoms with E-state index in [-0.39, 0.29) is 11.6 Å². The molecule has 0 unspecified atom stereocenters. The number of carbonyl (C=O) groups is 2. The van der Waals surface area contributed by atoms with Crippen LogP contribution >= 0.6 is 0 Å². The summed E-state index contributed by atoms with van der Waals surface area (Å²) in [5.74, 6) is -0.816. The van der Waals surface area contributed by atoms with Crippen molar-refractivity contribution in [1.29, 1.82) is 0 Å². The quantitative estimate of drug-likeness (QED) is 0.477. The zero-order valence-corrected chi connectivity index (χ0v) is 14.8.